The van der Waals surface area contributed by atoms with E-state index in [1.54, 1.807) is 7.11 Å². The summed E-state index contributed by atoms with van der Waals surface area (Å²) in [7, 11) is 1.73. The van der Waals surface area contributed by atoms with E-state index in [4.69, 9.17) is 4.74 Å². The van der Waals surface area contributed by atoms with Gasteiger partial charge in [0.1, 0.15) is 0 Å². The van der Waals surface area contributed by atoms with Crippen molar-refractivity contribution in [3.63, 3.8) is 0 Å². The van der Waals surface area contributed by atoms with Crippen molar-refractivity contribution in [1.29, 1.82) is 0 Å². The first-order valence-electron chi connectivity index (χ1n) is 5.74. The molecule has 2 saturated carbocycles. The number of methoxy groups -OCH3 is 1. The Balaban J connectivity index is 1.64. The highest BCUT2D eigenvalue weighted by Crippen LogP contribution is 2.38. The van der Waals surface area contributed by atoms with Gasteiger partial charge in [0.25, 0.3) is 5.24 Å². The van der Waals surface area contributed by atoms with Gasteiger partial charge in [-0.15, -0.1) is 0 Å². The standard InChI is InChI=1S/C11H19NO2S/c1-14-11(6-7-11)8-12-10(13)15-9-4-2-3-5-9/h9H,2-8H2,1H3,(H,12,13). The molecule has 4 heteroatoms. The van der Waals surface area contributed by atoms with Gasteiger partial charge in [0, 0.05) is 18.9 Å². The maximum Gasteiger partial charge on any atom is 0.279 e. The summed E-state index contributed by atoms with van der Waals surface area (Å²) in [5.41, 5.74) is -0.0219. The molecule has 0 aromatic heterocycles. The van der Waals surface area contributed by atoms with Crippen molar-refractivity contribution in [2.75, 3.05) is 13.7 Å². The van der Waals surface area contributed by atoms with Gasteiger partial charge < -0.3 is 10.1 Å². The zero-order valence-electron chi connectivity index (χ0n) is 9.25. The molecule has 1 N–H and O–H groups in total. The van der Waals surface area contributed by atoms with Crippen molar-refractivity contribution in [3.05, 3.63) is 0 Å². The lowest BCUT2D eigenvalue weighted by Gasteiger charge is -2.14. The van der Waals surface area contributed by atoms with Gasteiger partial charge in [-0.3, -0.25) is 4.79 Å². The number of hydrogen-bond donors (Lipinski definition) is 1. The van der Waals surface area contributed by atoms with E-state index < -0.39 is 0 Å². The average Bonchev–Trinajstić information content (AvgIpc) is 2.86. The van der Waals surface area contributed by atoms with Crippen LogP contribution in [0.3, 0.4) is 0 Å². The topological polar surface area (TPSA) is 38.3 Å². The Hall–Kier alpha value is -0.220. The van der Waals surface area contributed by atoms with Crippen LogP contribution in [0.2, 0.25) is 0 Å². The molecule has 0 heterocycles. The van der Waals surface area contributed by atoms with Gasteiger partial charge in [-0.25, -0.2) is 0 Å². The van der Waals surface area contributed by atoms with Gasteiger partial charge in [0.15, 0.2) is 0 Å². The van der Waals surface area contributed by atoms with Gasteiger partial charge in [0.2, 0.25) is 0 Å². The van der Waals surface area contributed by atoms with Crippen LogP contribution in [0.1, 0.15) is 38.5 Å². The largest absolute Gasteiger partial charge is 0.376 e. The van der Waals surface area contributed by atoms with E-state index in [9.17, 15) is 4.79 Å². The smallest absolute Gasteiger partial charge is 0.279 e. The van der Waals surface area contributed by atoms with E-state index >= 15 is 0 Å². The zero-order chi connectivity index (χ0) is 10.7. The molecule has 15 heavy (non-hydrogen) atoms. The number of hydrogen-bond acceptors (Lipinski definition) is 3. The highest BCUT2D eigenvalue weighted by molar-refractivity contribution is 8.14. The van der Waals surface area contributed by atoms with Crippen molar-refractivity contribution in [3.8, 4) is 0 Å². The second kappa shape index (κ2) is 4.74. The summed E-state index contributed by atoms with van der Waals surface area (Å²) in [5.74, 6) is 0. The predicted octanol–water partition coefficient (Wildman–Crippen LogP) is 2.55. The molecule has 0 radical (unpaired) electrons. The van der Waals surface area contributed by atoms with Crippen LogP contribution >= 0.6 is 11.8 Å². The maximum absolute atomic E-state index is 11.6. The second-order valence-corrected chi connectivity index (χ2v) is 5.83. The molecule has 2 aliphatic rings. The highest BCUT2D eigenvalue weighted by Gasteiger charge is 2.43. The van der Waals surface area contributed by atoms with E-state index in [0.717, 1.165) is 12.8 Å². The van der Waals surface area contributed by atoms with Gasteiger partial charge in [-0.1, -0.05) is 24.6 Å². The van der Waals surface area contributed by atoms with Crippen LogP contribution in [0.25, 0.3) is 0 Å². The van der Waals surface area contributed by atoms with Crippen LogP contribution in [0, 0.1) is 0 Å². The fourth-order valence-corrected chi connectivity index (χ4v) is 3.05. The number of carbonyl (C=O) groups excluding carboxylic acids is 1. The number of amides is 1. The third-order valence-corrected chi connectivity index (χ3v) is 4.53. The number of carbonyl (C=O) groups is 1. The van der Waals surface area contributed by atoms with Crippen LogP contribution in [0.5, 0.6) is 0 Å². The minimum absolute atomic E-state index is 0.0219. The average molecular weight is 229 g/mol. The van der Waals surface area contributed by atoms with Crippen molar-refractivity contribution >= 4 is 17.0 Å². The maximum atomic E-state index is 11.6. The van der Waals surface area contributed by atoms with Gasteiger partial charge in [-0.05, 0) is 25.7 Å². The minimum atomic E-state index is -0.0219. The van der Waals surface area contributed by atoms with Gasteiger partial charge >= 0.3 is 0 Å². The van der Waals surface area contributed by atoms with Crippen molar-refractivity contribution in [2.45, 2.75) is 49.4 Å². The summed E-state index contributed by atoms with van der Waals surface area (Å²) in [4.78, 5) is 11.6. The Morgan fingerprint density at radius 3 is 2.67 bits per heavy atom. The summed E-state index contributed by atoms with van der Waals surface area (Å²) >= 11 is 1.48. The van der Waals surface area contributed by atoms with Crippen LogP contribution in [-0.4, -0.2) is 29.7 Å². The minimum Gasteiger partial charge on any atom is -0.376 e. The first kappa shape index (κ1) is 11.3. The Morgan fingerprint density at radius 2 is 2.13 bits per heavy atom. The summed E-state index contributed by atoms with van der Waals surface area (Å²) in [5, 5.41) is 3.65. The molecule has 0 spiro atoms. The number of rotatable bonds is 4. The molecule has 0 bridgehead atoms. The molecule has 2 fully saturated rings. The first-order chi connectivity index (χ1) is 7.24. The van der Waals surface area contributed by atoms with Crippen LogP contribution in [0.4, 0.5) is 4.79 Å². The molecular formula is C11H19NO2S. The fraction of sp³-hybridized carbons (Fsp3) is 0.909. The quantitative estimate of drug-likeness (QED) is 0.805. The molecule has 0 unspecified atom stereocenters. The molecule has 0 aliphatic heterocycles. The van der Waals surface area contributed by atoms with Crippen molar-refractivity contribution < 1.29 is 9.53 Å². The summed E-state index contributed by atoms with van der Waals surface area (Å²) in [6.45, 7) is 0.683. The lowest BCUT2D eigenvalue weighted by Crippen LogP contribution is -2.32. The molecular weight excluding hydrogens is 210 g/mol. The molecule has 0 aromatic rings. The summed E-state index contributed by atoms with van der Waals surface area (Å²) in [6.07, 6.45) is 7.14. The molecule has 0 saturated heterocycles. The highest BCUT2D eigenvalue weighted by atomic mass is 32.2. The molecule has 1 amide bonds. The van der Waals surface area contributed by atoms with Crippen LogP contribution < -0.4 is 5.32 Å². The molecule has 2 rings (SSSR count). The van der Waals surface area contributed by atoms with E-state index in [0.29, 0.717) is 11.8 Å². The Labute approximate surface area is 95.3 Å². The normalized spacial score (nSPS) is 24.1. The molecule has 3 nitrogen and oxygen atoms in total. The van der Waals surface area contributed by atoms with E-state index in [1.807, 2.05) is 0 Å². The summed E-state index contributed by atoms with van der Waals surface area (Å²) < 4.78 is 5.35. The zero-order valence-corrected chi connectivity index (χ0v) is 10.1. The Morgan fingerprint density at radius 1 is 1.47 bits per heavy atom. The van der Waals surface area contributed by atoms with Crippen molar-refractivity contribution in [2.24, 2.45) is 0 Å². The number of nitrogens with one attached hydrogen (secondary N) is 1. The van der Waals surface area contributed by atoms with E-state index in [2.05, 4.69) is 5.32 Å². The molecule has 2 aliphatic carbocycles. The Bertz CT molecular complexity index is 235. The van der Waals surface area contributed by atoms with Crippen LogP contribution in [0.15, 0.2) is 0 Å². The van der Waals surface area contributed by atoms with Gasteiger partial charge in [0.05, 0.1) is 5.60 Å². The second-order valence-electron chi connectivity index (χ2n) is 4.55. The third-order valence-electron chi connectivity index (χ3n) is 3.37. The molecule has 86 valence electrons. The lowest BCUT2D eigenvalue weighted by molar-refractivity contribution is 0.0825. The van der Waals surface area contributed by atoms with Crippen molar-refractivity contribution in [1.82, 2.24) is 5.32 Å². The first-order valence-corrected chi connectivity index (χ1v) is 6.62. The van der Waals surface area contributed by atoms with E-state index in [-0.39, 0.29) is 10.8 Å². The number of ether oxygens (including phenoxy) is 1. The SMILES string of the molecule is COC1(CNC(=O)SC2CCCC2)CC1. The predicted molar refractivity (Wildman–Crippen MR) is 62.2 cm³/mol. The number of thioether (sulfide) groups is 1. The Kier molecular flexibility index (Phi) is 3.57. The molecule has 0 atom stereocenters. The monoisotopic (exact) mass is 229 g/mol. The summed E-state index contributed by atoms with van der Waals surface area (Å²) in [6, 6.07) is 0. The third kappa shape index (κ3) is 3.11. The van der Waals surface area contributed by atoms with E-state index in [1.165, 1.54) is 37.4 Å². The lowest BCUT2D eigenvalue weighted by atomic mass is 10.3. The van der Waals surface area contributed by atoms with Crippen LogP contribution in [-0.2, 0) is 4.74 Å². The molecule has 0 aromatic carbocycles. The van der Waals surface area contributed by atoms with Gasteiger partial charge in [-0.2, -0.15) is 0 Å². The fourth-order valence-electron chi connectivity index (χ4n) is 2.02.